The van der Waals surface area contributed by atoms with Crippen molar-refractivity contribution >= 4 is 0 Å². The van der Waals surface area contributed by atoms with Gasteiger partial charge in [0.05, 0.1) is 11.6 Å². The molecule has 0 bridgehead atoms. The molecule has 0 radical (unpaired) electrons. The average Bonchev–Trinajstić information content (AvgIpc) is 3.02. The van der Waals surface area contributed by atoms with E-state index in [-0.39, 0.29) is 5.92 Å². The smallest absolute Gasteiger partial charge is 0.105 e. The van der Waals surface area contributed by atoms with E-state index in [2.05, 4.69) is 18.2 Å². The minimum absolute atomic E-state index is 0.0395. The van der Waals surface area contributed by atoms with Gasteiger partial charge in [0.15, 0.2) is 0 Å². The number of rotatable bonds is 3. The fourth-order valence-corrected chi connectivity index (χ4v) is 3.15. The van der Waals surface area contributed by atoms with Crippen molar-refractivity contribution in [3.63, 3.8) is 0 Å². The van der Waals surface area contributed by atoms with E-state index < -0.39 is 0 Å². The molecule has 2 aromatic heterocycles. The third kappa shape index (κ3) is 2.80. The molecule has 0 atom stereocenters. The molecule has 0 fully saturated rings. The van der Waals surface area contributed by atoms with Crippen LogP contribution in [0.4, 0.5) is 0 Å². The Bertz CT molecular complexity index is 829. The van der Waals surface area contributed by atoms with Gasteiger partial charge in [0.2, 0.25) is 0 Å². The zero-order valence-electron chi connectivity index (χ0n) is 13.8. The molecule has 0 amide bonds. The minimum atomic E-state index is 0.0395. The van der Waals surface area contributed by atoms with E-state index in [9.17, 15) is 0 Å². The third-order valence-corrected chi connectivity index (χ3v) is 4.15. The fourth-order valence-electron chi connectivity index (χ4n) is 3.15. The Hall–Kier alpha value is -2.73. The van der Waals surface area contributed by atoms with Gasteiger partial charge >= 0.3 is 0 Å². The molecule has 3 nitrogen and oxygen atoms in total. The number of furan rings is 2. The summed E-state index contributed by atoms with van der Waals surface area (Å²) in [6, 6.07) is 14.1. The predicted molar refractivity (Wildman–Crippen MR) is 88.5 cm³/mol. The van der Waals surface area contributed by atoms with E-state index in [1.165, 1.54) is 0 Å². The highest BCUT2D eigenvalue weighted by atomic mass is 16.3. The van der Waals surface area contributed by atoms with Gasteiger partial charge in [-0.15, -0.1) is 0 Å². The fraction of sp³-hybridized carbons (Fsp3) is 0.250. The summed E-state index contributed by atoms with van der Waals surface area (Å²) < 4.78 is 11.5. The largest absolute Gasteiger partial charge is 0.466 e. The molecule has 0 aliphatic carbocycles. The first-order valence-corrected chi connectivity index (χ1v) is 7.63. The van der Waals surface area contributed by atoms with Crippen LogP contribution in [0.5, 0.6) is 0 Å². The zero-order chi connectivity index (χ0) is 16.6. The monoisotopic (exact) mass is 305 g/mol. The summed E-state index contributed by atoms with van der Waals surface area (Å²) >= 11 is 0. The first-order chi connectivity index (χ1) is 11.0. The van der Waals surface area contributed by atoms with E-state index in [1.807, 2.05) is 52.0 Å². The Morgan fingerprint density at radius 3 is 1.65 bits per heavy atom. The Kier molecular flexibility index (Phi) is 3.83. The molecule has 0 aliphatic rings. The van der Waals surface area contributed by atoms with Crippen LogP contribution in [0.3, 0.4) is 0 Å². The van der Waals surface area contributed by atoms with Gasteiger partial charge in [-0.25, -0.2) is 0 Å². The highest BCUT2D eigenvalue weighted by Gasteiger charge is 2.25. The predicted octanol–water partition coefficient (Wildman–Crippen LogP) is 5.16. The van der Waals surface area contributed by atoms with Crippen LogP contribution in [0.2, 0.25) is 0 Å². The summed E-state index contributed by atoms with van der Waals surface area (Å²) in [5, 5.41) is 9.02. The lowest BCUT2D eigenvalue weighted by molar-refractivity contribution is 0.496. The second-order valence-corrected chi connectivity index (χ2v) is 5.90. The lowest BCUT2D eigenvalue weighted by Gasteiger charge is -2.17. The van der Waals surface area contributed by atoms with Gasteiger partial charge in [0, 0.05) is 17.0 Å². The van der Waals surface area contributed by atoms with Crippen LogP contribution in [0.25, 0.3) is 0 Å². The van der Waals surface area contributed by atoms with Gasteiger partial charge in [-0.3, -0.25) is 0 Å². The van der Waals surface area contributed by atoms with E-state index >= 15 is 0 Å². The van der Waals surface area contributed by atoms with Crippen LogP contribution in [0.1, 0.15) is 51.2 Å². The summed E-state index contributed by atoms with van der Waals surface area (Å²) in [6.07, 6.45) is 0. The molecule has 116 valence electrons. The zero-order valence-corrected chi connectivity index (χ0v) is 13.8. The summed E-state index contributed by atoms with van der Waals surface area (Å²) in [7, 11) is 0. The van der Waals surface area contributed by atoms with Crippen molar-refractivity contribution in [2.75, 3.05) is 0 Å². The molecule has 0 aliphatic heterocycles. The minimum Gasteiger partial charge on any atom is -0.466 e. The molecule has 3 rings (SSSR count). The van der Waals surface area contributed by atoms with Crippen LogP contribution in [0, 0.1) is 39.0 Å². The van der Waals surface area contributed by atoms with Crippen molar-refractivity contribution < 1.29 is 8.83 Å². The first kappa shape index (κ1) is 15.2. The molecule has 23 heavy (non-hydrogen) atoms. The molecule has 0 unspecified atom stereocenters. The lowest BCUT2D eigenvalue weighted by Crippen LogP contribution is -2.04. The maximum absolute atomic E-state index is 9.02. The average molecular weight is 305 g/mol. The third-order valence-electron chi connectivity index (χ3n) is 4.15. The van der Waals surface area contributed by atoms with Crippen molar-refractivity contribution in [2.24, 2.45) is 0 Å². The molecular formula is C20H19NO2. The van der Waals surface area contributed by atoms with Crippen LogP contribution in [-0.4, -0.2) is 0 Å². The molecular weight excluding hydrogens is 286 g/mol. The lowest BCUT2D eigenvalue weighted by atomic mass is 9.85. The van der Waals surface area contributed by atoms with E-state index in [4.69, 9.17) is 14.1 Å². The topological polar surface area (TPSA) is 50.1 Å². The van der Waals surface area contributed by atoms with E-state index in [0.29, 0.717) is 5.56 Å². The Morgan fingerprint density at radius 2 is 1.30 bits per heavy atom. The molecule has 1 aromatic carbocycles. The van der Waals surface area contributed by atoms with Gasteiger partial charge in [-0.2, -0.15) is 5.26 Å². The van der Waals surface area contributed by atoms with E-state index in [0.717, 1.165) is 39.7 Å². The van der Waals surface area contributed by atoms with Crippen molar-refractivity contribution in [3.05, 3.63) is 81.7 Å². The highest BCUT2D eigenvalue weighted by molar-refractivity contribution is 5.47. The van der Waals surface area contributed by atoms with Gasteiger partial charge in [-0.05, 0) is 57.5 Å². The van der Waals surface area contributed by atoms with Gasteiger partial charge in [-0.1, -0.05) is 12.1 Å². The second-order valence-electron chi connectivity index (χ2n) is 5.90. The number of benzene rings is 1. The number of hydrogen-bond acceptors (Lipinski definition) is 3. The standard InChI is InChI=1S/C20H19NO2/c1-12-9-18(14(3)22-12)20(19-10-13(2)23-15(19)4)17-7-5-16(11-21)6-8-17/h5-10,20H,1-4H3. The summed E-state index contributed by atoms with van der Waals surface area (Å²) in [5.41, 5.74) is 4.05. The molecule has 2 heterocycles. The first-order valence-electron chi connectivity index (χ1n) is 7.63. The summed E-state index contributed by atoms with van der Waals surface area (Å²) in [5.74, 6) is 3.66. The maximum atomic E-state index is 9.02. The van der Waals surface area contributed by atoms with Crippen LogP contribution < -0.4 is 0 Å². The van der Waals surface area contributed by atoms with Crippen LogP contribution in [-0.2, 0) is 0 Å². The molecule has 0 spiro atoms. The molecule has 3 heteroatoms. The number of hydrogen-bond donors (Lipinski definition) is 0. The van der Waals surface area contributed by atoms with Crippen molar-refractivity contribution in [2.45, 2.75) is 33.6 Å². The van der Waals surface area contributed by atoms with E-state index in [1.54, 1.807) is 0 Å². The van der Waals surface area contributed by atoms with Gasteiger partial charge < -0.3 is 8.83 Å². The normalized spacial score (nSPS) is 11.0. The summed E-state index contributed by atoms with van der Waals surface area (Å²) in [4.78, 5) is 0. The number of nitrogens with zero attached hydrogens (tertiary/aromatic N) is 1. The maximum Gasteiger partial charge on any atom is 0.105 e. The second kappa shape index (κ2) is 5.81. The molecule has 0 saturated carbocycles. The Balaban J connectivity index is 2.19. The van der Waals surface area contributed by atoms with Crippen LogP contribution in [0.15, 0.2) is 45.2 Å². The molecule has 0 N–H and O–H groups in total. The molecule has 3 aromatic rings. The number of nitriles is 1. The van der Waals surface area contributed by atoms with Crippen LogP contribution >= 0.6 is 0 Å². The highest BCUT2D eigenvalue weighted by Crippen LogP contribution is 2.38. The summed E-state index contributed by atoms with van der Waals surface area (Å²) in [6.45, 7) is 7.89. The number of aryl methyl sites for hydroxylation is 4. The van der Waals surface area contributed by atoms with Crippen molar-refractivity contribution in [1.82, 2.24) is 0 Å². The quantitative estimate of drug-likeness (QED) is 0.671. The molecule has 0 saturated heterocycles. The van der Waals surface area contributed by atoms with Gasteiger partial charge in [0.1, 0.15) is 23.0 Å². The Labute approximate surface area is 136 Å². The van der Waals surface area contributed by atoms with Gasteiger partial charge in [0.25, 0.3) is 0 Å². The Morgan fingerprint density at radius 1 is 0.826 bits per heavy atom. The van der Waals surface area contributed by atoms with Crippen molar-refractivity contribution in [1.29, 1.82) is 5.26 Å². The SMILES string of the molecule is Cc1cc(C(c2ccc(C#N)cc2)c2cc(C)oc2C)c(C)o1. The van der Waals surface area contributed by atoms with Crippen molar-refractivity contribution in [3.8, 4) is 6.07 Å².